The molecule has 1 aromatic carbocycles. The molecule has 0 spiro atoms. The molecule has 144 valence electrons. The number of ether oxygens (including phenoxy) is 2. The van der Waals surface area contributed by atoms with Gasteiger partial charge in [-0.1, -0.05) is 18.9 Å². The van der Waals surface area contributed by atoms with Crippen molar-refractivity contribution in [3.63, 3.8) is 0 Å². The fraction of sp³-hybridized carbons (Fsp3) is 0.600. The second-order valence-electron chi connectivity index (χ2n) is 6.90. The summed E-state index contributed by atoms with van der Waals surface area (Å²) in [5.41, 5.74) is 0.805. The molecule has 1 fully saturated rings. The molecule has 2 aliphatic heterocycles. The highest BCUT2D eigenvalue weighted by Gasteiger charge is 2.31. The van der Waals surface area contributed by atoms with Crippen molar-refractivity contribution in [3.8, 4) is 5.75 Å². The molecule has 0 aromatic heterocycles. The Morgan fingerprint density at radius 2 is 1.81 bits per heavy atom. The van der Waals surface area contributed by atoms with E-state index in [1.165, 1.54) is 31.7 Å². The fourth-order valence-corrected chi connectivity index (χ4v) is 3.47. The van der Waals surface area contributed by atoms with E-state index in [0.717, 1.165) is 31.3 Å². The SMILES string of the molecule is FC(F)(F)c1cc(OCCN2CCCCCC2)cc(C2=CCOCC2)c1. The number of hydrogen-bond donors (Lipinski definition) is 0. The minimum Gasteiger partial charge on any atom is -0.492 e. The van der Waals surface area contributed by atoms with Crippen LogP contribution in [0.4, 0.5) is 13.2 Å². The largest absolute Gasteiger partial charge is 0.492 e. The Morgan fingerprint density at radius 1 is 1.04 bits per heavy atom. The van der Waals surface area contributed by atoms with Gasteiger partial charge in [0.25, 0.3) is 0 Å². The Morgan fingerprint density at radius 3 is 2.46 bits per heavy atom. The van der Waals surface area contributed by atoms with Gasteiger partial charge in [-0.2, -0.15) is 13.2 Å². The first-order valence-electron chi connectivity index (χ1n) is 9.37. The number of likely N-dealkylation sites (tertiary alicyclic amines) is 1. The Labute approximate surface area is 152 Å². The van der Waals surface area contributed by atoms with E-state index in [0.29, 0.717) is 31.8 Å². The molecule has 1 saturated heterocycles. The Bertz CT molecular complexity index is 620. The lowest BCUT2D eigenvalue weighted by atomic mass is 9.99. The predicted octanol–water partition coefficient (Wildman–Crippen LogP) is 4.76. The van der Waals surface area contributed by atoms with Crippen LogP contribution in [0.25, 0.3) is 5.57 Å². The van der Waals surface area contributed by atoms with Crippen molar-refractivity contribution in [1.29, 1.82) is 0 Å². The molecular formula is C20H26F3NO2. The van der Waals surface area contributed by atoms with Crippen molar-refractivity contribution in [2.75, 3.05) is 39.5 Å². The van der Waals surface area contributed by atoms with E-state index in [9.17, 15) is 13.2 Å². The number of hydrogen-bond acceptors (Lipinski definition) is 3. The zero-order valence-corrected chi connectivity index (χ0v) is 15.0. The van der Waals surface area contributed by atoms with Gasteiger partial charge in [0.15, 0.2) is 0 Å². The highest BCUT2D eigenvalue weighted by Crippen LogP contribution is 2.35. The van der Waals surface area contributed by atoms with Crippen molar-refractivity contribution in [3.05, 3.63) is 35.4 Å². The van der Waals surface area contributed by atoms with Crippen molar-refractivity contribution in [2.24, 2.45) is 0 Å². The van der Waals surface area contributed by atoms with E-state index < -0.39 is 11.7 Å². The summed E-state index contributed by atoms with van der Waals surface area (Å²) in [7, 11) is 0. The average Bonchev–Trinajstić information content (AvgIpc) is 2.90. The summed E-state index contributed by atoms with van der Waals surface area (Å²) in [6, 6.07) is 4.03. The van der Waals surface area contributed by atoms with Crippen LogP contribution in [0.15, 0.2) is 24.3 Å². The molecule has 0 bridgehead atoms. The van der Waals surface area contributed by atoms with Crippen LogP contribution in [-0.2, 0) is 10.9 Å². The average molecular weight is 369 g/mol. The zero-order chi connectivity index (χ0) is 18.4. The standard InChI is InChI=1S/C20H26F3NO2/c21-20(22,23)18-13-17(16-5-10-25-11-6-16)14-19(15-18)26-12-9-24-7-3-1-2-4-8-24/h5,13-15H,1-4,6-12H2. The van der Waals surface area contributed by atoms with Crippen LogP contribution in [0.3, 0.4) is 0 Å². The molecule has 1 aromatic rings. The van der Waals surface area contributed by atoms with Gasteiger partial charge in [0.05, 0.1) is 18.8 Å². The molecule has 3 nitrogen and oxygen atoms in total. The third-order valence-electron chi connectivity index (χ3n) is 4.94. The van der Waals surface area contributed by atoms with Gasteiger partial charge in [-0.25, -0.2) is 0 Å². The minimum absolute atomic E-state index is 0.289. The zero-order valence-electron chi connectivity index (χ0n) is 15.0. The molecule has 0 N–H and O–H groups in total. The van der Waals surface area contributed by atoms with Crippen LogP contribution in [0.1, 0.15) is 43.2 Å². The maximum Gasteiger partial charge on any atom is 0.416 e. The van der Waals surface area contributed by atoms with Gasteiger partial charge in [0.2, 0.25) is 0 Å². The summed E-state index contributed by atoms with van der Waals surface area (Å²) in [4.78, 5) is 2.34. The minimum atomic E-state index is -4.38. The Kier molecular flexibility index (Phi) is 6.59. The third-order valence-corrected chi connectivity index (χ3v) is 4.94. The van der Waals surface area contributed by atoms with Crippen LogP contribution >= 0.6 is 0 Å². The second kappa shape index (κ2) is 8.91. The van der Waals surface area contributed by atoms with E-state index in [2.05, 4.69) is 4.90 Å². The van der Waals surface area contributed by atoms with Crippen molar-refractivity contribution >= 4 is 5.57 Å². The lowest BCUT2D eigenvalue weighted by Crippen LogP contribution is -2.29. The monoisotopic (exact) mass is 369 g/mol. The summed E-state index contributed by atoms with van der Waals surface area (Å²) in [5, 5.41) is 0. The lowest BCUT2D eigenvalue weighted by Gasteiger charge is -2.21. The van der Waals surface area contributed by atoms with Crippen molar-refractivity contribution < 1.29 is 22.6 Å². The fourth-order valence-electron chi connectivity index (χ4n) is 3.47. The normalized spacial score (nSPS) is 19.7. The summed E-state index contributed by atoms with van der Waals surface area (Å²) in [6.07, 6.45) is 2.97. The van der Waals surface area contributed by atoms with E-state index >= 15 is 0 Å². The molecular weight excluding hydrogens is 343 g/mol. The van der Waals surface area contributed by atoms with E-state index in [1.807, 2.05) is 6.08 Å². The molecule has 3 rings (SSSR count). The predicted molar refractivity (Wildman–Crippen MR) is 95.3 cm³/mol. The molecule has 2 heterocycles. The van der Waals surface area contributed by atoms with Gasteiger partial charge < -0.3 is 9.47 Å². The third kappa shape index (κ3) is 5.48. The van der Waals surface area contributed by atoms with Crippen LogP contribution in [0, 0.1) is 0 Å². The van der Waals surface area contributed by atoms with Gasteiger partial charge in [0, 0.05) is 6.54 Å². The number of nitrogens with zero attached hydrogens (tertiary/aromatic N) is 1. The van der Waals surface area contributed by atoms with E-state index in [4.69, 9.17) is 9.47 Å². The maximum absolute atomic E-state index is 13.3. The molecule has 26 heavy (non-hydrogen) atoms. The molecule has 0 radical (unpaired) electrons. The van der Waals surface area contributed by atoms with Gasteiger partial charge in [0.1, 0.15) is 12.4 Å². The molecule has 0 saturated carbocycles. The van der Waals surface area contributed by atoms with Crippen LogP contribution in [0.5, 0.6) is 5.75 Å². The van der Waals surface area contributed by atoms with Gasteiger partial charge >= 0.3 is 6.18 Å². The Hall–Kier alpha value is -1.53. The van der Waals surface area contributed by atoms with Crippen LogP contribution in [-0.4, -0.2) is 44.4 Å². The quantitative estimate of drug-likeness (QED) is 0.747. The molecule has 0 amide bonds. The topological polar surface area (TPSA) is 21.7 Å². The van der Waals surface area contributed by atoms with Crippen molar-refractivity contribution in [1.82, 2.24) is 4.90 Å². The molecule has 2 aliphatic rings. The number of alkyl halides is 3. The first-order valence-corrected chi connectivity index (χ1v) is 9.37. The highest BCUT2D eigenvalue weighted by molar-refractivity contribution is 5.68. The number of rotatable bonds is 5. The van der Waals surface area contributed by atoms with Crippen LogP contribution < -0.4 is 4.74 Å². The summed E-state index contributed by atoms with van der Waals surface area (Å²) >= 11 is 0. The first kappa shape index (κ1) is 19.2. The summed E-state index contributed by atoms with van der Waals surface area (Å²) < 4.78 is 50.8. The lowest BCUT2D eigenvalue weighted by molar-refractivity contribution is -0.137. The van der Waals surface area contributed by atoms with E-state index in [1.54, 1.807) is 6.07 Å². The highest BCUT2D eigenvalue weighted by atomic mass is 19.4. The molecule has 0 atom stereocenters. The van der Waals surface area contributed by atoms with Gasteiger partial charge in [-0.15, -0.1) is 0 Å². The first-order chi connectivity index (χ1) is 12.5. The smallest absolute Gasteiger partial charge is 0.416 e. The number of halogens is 3. The van der Waals surface area contributed by atoms with Gasteiger partial charge in [-0.3, -0.25) is 4.90 Å². The Balaban J connectivity index is 1.69. The number of benzene rings is 1. The summed E-state index contributed by atoms with van der Waals surface area (Å²) in [6.45, 7) is 4.23. The van der Waals surface area contributed by atoms with Crippen LogP contribution in [0.2, 0.25) is 0 Å². The van der Waals surface area contributed by atoms with E-state index in [-0.39, 0.29) is 5.75 Å². The van der Waals surface area contributed by atoms with Gasteiger partial charge in [-0.05, 0) is 61.7 Å². The maximum atomic E-state index is 13.3. The molecule has 0 aliphatic carbocycles. The molecule has 6 heteroatoms. The molecule has 0 unspecified atom stereocenters. The summed E-state index contributed by atoms with van der Waals surface area (Å²) in [5.74, 6) is 0.289. The van der Waals surface area contributed by atoms with Crippen molar-refractivity contribution in [2.45, 2.75) is 38.3 Å². The second-order valence-corrected chi connectivity index (χ2v) is 6.90.